The number of fused-ring (bicyclic) bond motifs is 3. The molecule has 0 unspecified atom stereocenters. The van der Waals surface area contributed by atoms with Gasteiger partial charge in [-0.25, -0.2) is 14.0 Å². The second-order valence-electron chi connectivity index (χ2n) is 7.17. The number of esters is 1. The van der Waals surface area contributed by atoms with E-state index in [9.17, 15) is 14.0 Å². The summed E-state index contributed by atoms with van der Waals surface area (Å²) in [6.45, 7) is 0.168. The summed E-state index contributed by atoms with van der Waals surface area (Å²) in [7, 11) is 1.25. The zero-order chi connectivity index (χ0) is 22.5. The molecule has 1 aliphatic carbocycles. The molecule has 1 aliphatic rings. The van der Waals surface area contributed by atoms with Crippen LogP contribution in [0.1, 0.15) is 33.0 Å². The number of methoxy groups -OCH3 is 1. The Balaban J connectivity index is 1.35. The highest BCUT2D eigenvalue weighted by molar-refractivity contribution is 5.89. The summed E-state index contributed by atoms with van der Waals surface area (Å²) in [6, 6.07) is 19.9. The monoisotopic (exact) mass is 429 g/mol. The van der Waals surface area contributed by atoms with Gasteiger partial charge in [-0.15, -0.1) is 0 Å². The molecule has 0 saturated heterocycles. The first-order chi connectivity index (χ1) is 15.6. The molecule has 6 heteroatoms. The highest BCUT2D eigenvalue weighted by Crippen LogP contribution is 2.44. The molecule has 0 aliphatic heterocycles. The first-order valence-corrected chi connectivity index (χ1v) is 10.0. The zero-order valence-corrected chi connectivity index (χ0v) is 17.4. The van der Waals surface area contributed by atoms with E-state index >= 15 is 0 Å². The smallest absolute Gasteiger partial charge is 0.407 e. The van der Waals surface area contributed by atoms with Gasteiger partial charge in [-0.1, -0.05) is 60.4 Å². The molecule has 160 valence electrons. The summed E-state index contributed by atoms with van der Waals surface area (Å²) in [6.07, 6.45) is -0.607. The van der Waals surface area contributed by atoms with Crippen LogP contribution in [-0.2, 0) is 9.47 Å². The lowest BCUT2D eigenvalue weighted by Gasteiger charge is -2.14. The summed E-state index contributed by atoms with van der Waals surface area (Å²) >= 11 is 0. The average molecular weight is 429 g/mol. The van der Waals surface area contributed by atoms with Crippen LogP contribution in [0.15, 0.2) is 66.7 Å². The Hall–Kier alpha value is -4.11. The standard InChI is InChI=1S/C26H20FNO4/c1-31-25(29)18-12-13-24(27)17(15-18)7-6-14-28-26(30)32-16-23-21-10-4-2-8-19(21)20-9-3-5-11-22(20)23/h2-5,8-13,15,23H,14,16H2,1H3,(H,28,30). The number of hydrogen-bond acceptors (Lipinski definition) is 4. The van der Waals surface area contributed by atoms with Gasteiger partial charge in [0, 0.05) is 5.92 Å². The van der Waals surface area contributed by atoms with E-state index in [-0.39, 0.29) is 30.2 Å². The van der Waals surface area contributed by atoms with Crippen LogP contribution in [0.2, 0.25) is 0 Å². The molecule has 0 atom stereocenters. The minimum absolute atomic E-state index is 0.0292. The molecule has 0 fully saturated rings. The first-order valence-electron chi connectivity index (χ1n) is 10.0. The summed E-state index contributed by atoms with van der Waals surface area (Å²) in [4.78, 5) is 23.7. The number of ether oxygens (including phenoxy) is 2. The average Bonchev–Trinajstić information content (AvgIpc) is 3.14. The molecule has 3 aromatic carbocycles. The van der Waals surface area contributed by atoms with Crippen LogP contribution in [-0.4, -0.2) is 32.3 Å². The Morgan fingerprint density at radius 1 is 1.00 bits per heavy atom. The SMILES string of the molecule is COC(=O)c1ccc(F)c(C#CCNC(=O)OCC2c3ccccc3-c3ccccc32)c1. The van der Waals surface area contributed by atoms with Crippen molar-refractivity contribution in [3.63, 3.8) is 0 Å². The molecule has 1 N–H and O–H groups in total. The van der Waals surface area contributed by atoms with E-state index in [1.54, 1.807) is 0 Å². The van der Waals surface area contributed by atoms with Gasteiger partial charge >= 0.3 is 12.1 Å². The Morgan fingerprint density at radius 3 is 2.31 bits per heavy atom. The third-order valence-corrected chi connectivity index (χ3v) is 5.28. The van der Waals surface area contributed by atoms with Gasteiger partial charge in [0.1, 0.15) is 12.4 Å². The maximum absolute atomic E-state index is 13.9. The van der Waals surface area contributed by atoms with Crippen LogP contribution < -0.4 is 5.32 Å². The van der Waals surface area contributed by atoms with Gasteiger partial charge < -0.3 is 14.8 Å². The van der Waals surface area contributed by atoms with Gasteiger partial charge in [0.05, 0.1) is 24.8 Å². The lowest BCUT2D eigenvalue weighted by Crippen LogP contribution is -2.26. The second-order valence-corrected chi connectivity index (χ2v) is 7.17. The lowest BCUT2D eigenvalue weighted by molar-refractivity contribution is 0.0600. The lowest BCUT2D eigenvalue weighted by atomic mass is 9.98. The van der Waals surface area contributed by atoms with Gasteiger partial charge in [0.15, 0.2) is 0 Å². The zero-order valence-electron chi connectivity index (χ0n) is 17.4. The predicted molar refractivity (Wildman–Crippen MR) is 118 cm³/mol. The van der Waals surface area contributed by atoms with Gasteiger partial charge in [0.2, 0.25) is 0 Å². The Bertz CT molecular complexity index is 1200. The summed E-state index contributed by atoms with van der Waals surface area (Å²) in [5.74, 6) is 4.10. The number of carbonyl (C=O) groups is 2. The molecular weight excluding hydrogens is 409 g/mol. The van der Waals surface area contributed by atoms with Crippen molar-refractivity contribution in [2.24, 2.45) is 0 Å². The van der Waals surface area contributed by atoms with Crippen LogP contribution in [0.3, 0.4) is 0 Å². The normalized spacial score (nSPS) is 11.6. The molecule has 0 radical (unpaired) electrons. The Morgan fingerprint density at radius 2 is 1.66 bits per heavy atom. The Labute approximate surface area is 185 Å². The molecule has 0 spiro atoms. The van der Waals surface area contributed by atoms with Crippen LogP contribution in [0.4, 0.5) is 9.18 Å². The van der Waals surface area contributed by atoms with E-state index in [4.69, 9.17) is 4.74 Å². The predicted octanol–water partition coefficient (Wildman–Crippen LogP) is 4.50. The fourth-order valence-corrected chi connectivity index (χ4v) is 3.77. The third kappa shape index (κ3) is 4.33. The molecular formula is C26H20FNO4. The molecule has 0 heterocycles. The second kappa shape index (κ2) is 9.36. The number of hydrogen-bond donors (Lipinski definition) is 1. The topological polar surface area (TPSA) is 64.6 Å². The molecule has 3 aromatic rings. The first kappa shape index (κ1) is 21.1. The van der Waals surface area contributed by atoms with E-state index in [0.29, 0.717) is 0 Å². The van der Waals surface area contributed by atoms with Gasteiger partial charge in [-0.05, 0) is 40.5 Å². The van der Waals surface area contributed by atoms with Crippen molar-refractivity contribution in [1.29, 1.82) is 0 Å². The minimum atomic E-state index is -0.607. The van der Waals surface area contributed by atoms with Crippen LogP contribution in [0.25, 0.3) is 11.1 Å². The number of amides is 1. The number of nitrogens with one attached hydrogen (secondary N) is 1. The highest BCUT2D eigenvalue weighted by atomic mass is 19.1. The van der Waals surface area contributed by atoms with Crippen molar-refractivity contribution in [3.8, 4) is 23.0 Å². The van der Waals surface area contributed by atoms with Crippen molar-refractivity contribution in [3.05, 3.63) is 94.8 Å². The van der Waals surface area contributed by atoms with Gasteiger partial charge in [0.25, 0.3) is 0 Å². The summed E-state index contributed by atoms with van der Waals surface area (Å²) in [5.41, 5.74) is 4.80. The molecule has 5 nitrogen and oxygen atoms in total. The van der Waals surface area contributed by atoms with Crippen LogP contribution in [0.5, 0.6) is 0 Å². The molecule has 0 bridgehead atoms. The number of carbonyl (C=O) groups excluding carboxylic acids is 2. The molecule has 0 saturated carbocycles. The third-order valence-electron chi connectivity index (χ3n) is 5.28. The maximum atomic E-state index is 13.9. The number of alkyl carbamates (subject to hydrolysis) is 1. The van der Waals surface area contributed by atoms with E-state index < -0.39 is 17.9 Å². The largest absolute Gasteiger partial charge is 0.465 e. The van der Waals surface area contributed by atoms with Crippen molar-refractivity contribution in [2.75, 3.05) is 20.3 Å². The number of benzene rings is 3. The van der Waals surface area contributed by atoms with Crippen molar-refractivity contribution in [1.82, 2.24) is 5.32 Å². The van der Waals surface area contributed by atoms with E-state index in [1.807, 2.05) is 36.4 Å². The summed E-state index contributed by atoms with van der Waals surface area (Å²) in [5, 5.41) is 2.54. The number of rotatable bonds is 4. The van der Waals surface area contributed by atoms with Crippen molar-refractivity contribution in [2.45, 2.75) is 5.92 Å². The summed E-state index contributed by atoms with van der Waals surface area (Å²) < 4.78 is 23.9. The molecule has 4 rings (SSSR count). The van der Waals surface area contributed by atoms with Gasteiger partial charge in [-0.3, -0.25) is 0 Å². The fraction of sp³-hybridized carbons (Fsp3) is 0.154. The number of halogens is 1. The molecule has 32 heavy (non-hydrogen) atoms. The van der Waals surface area contributed by atoms with Crippen molar-refractivity contribution < 1.29 is 23.5 Å². The van der Waals surface area contributed by atoms with E-state index in [2.05, 4.69) is 34.0 Å². The van der Waals surface area contributed by atoms with E-state index in [1.165, 1.54) is 19.2 Å². The van der Waals surface area contributed by atoms with E-state index in [0.717, 1.165) is 28.3 Å². The van der Waals surface area contributed by atoms with Gasteiger partial charge in [-0.2, -0.15) is 0 Å². The van der Waals surface area contributed by atoms with Crippen molar-refractivity contribution >= 4 is 12.1 Å². The maximum Gasteiger partial charge on any atom is 0.407 e. The highest BCUT2D eigenvalue weighted by Gasteiger charge is 2.28. The minimum Gasteiger partial charge on any atom is -0.465 e. The molecule has 0 aromatic heterocycles. The Kier molecular flexibility index (Phi) is 6.18. The fourth-order valence-electron chi connectivity index (χ4n) is 3.77. The quantitative estimate of drug-likeness (QED) is 0.490. The van der Waals surface area contributed by atoms with Crippen LogP contribution in [0, 0.1) is 17.7 Å². The molecule has 1 amide bonds. The van der Waals surface area contributed by atoms with Crippen LogP contribution >= 0.6 is 0 Å².